The van der Waals surface area contributed by atoms with Crippen molar-refractivity contribution in [1.29, 1.82) is 0 Å². The van der Waals surface area contributed by atoms with Crippen molar-refractivity contribution in [3.63, 3.8) is 0 Å². The zero-order valence-electron chi connectivity index (χ0n) is 13.9. The van der Waals surface area contributed by atoms with Crippen molar-refractivity contribution in [2.45, 2.75) is 18.9 Å². The number of hydrogen-bond donors (Lipinski definition) is 2. The first-order valence-corrected chi connectivity index (χ1v) is 8.56. The Balaban J connectivity index is 1.72. The Morgan fingerprint density at radius 3 is 2.68 bits per heavy atom. The Morgan fingerprint density at radius 2 is 1.92 bits per heavy atom. The van der Waals surface area contributed by atoms with Gasteiger partial charge in [-0.1, -0.05) is 6.07 Å². The molecule has 0 radical (unpaired) electrons. The molecule has 6 heteroatoms. The molecule has 1 unspecified atom stereocenters. The molecule has 0 spiro atoms. The highest BCUT2D eigenvalue weighted by Gasteiger charge is 2.15. The van der Waals surface area contributed by atoms with Crippen LogP contribution in [0.4, 0.5) is 5.82 Å². The molecule has 2 N–H and O–H groups in total. The van der Waals surface area contributed by atoms with Crippen molar-refractivity contribution in [2.24, 2.45) is 0 Å². The molecular weight excluding hydrogens is 312 g/mol. The van der Waals surface area contributed by atoms with Gasteiger partial charge in [0.05, 0.1) is 11.4 Å². The highest BCUT2D eigenvalue weighted by atomic mass is 15.1. The van der Waals surface area contributed by atoms with Gasteiger partial charge in [-0.05, 0) is 43.7 Å². The molecule has 1 fully saturated rings. The van der Waals surface area contributed by atoms with E-state index in [1.165, 1.54) is 6.42 Å². The monoisotopic (exact) mass is 332 g/mol. The van der Waals surface area contributed by atoms with Gasteiger partial charge in [0.25, 0.3) is 0 Å². The van der Waals surface area contributed by atoms with Crippen molar-refractivity contribution >= 4 is 5.82 Å². The number of hydrogen-bond acceptors (Lipinski definition) is 6. The Bertz CT molecular complexity index is 758. The number of piperidine rings is 1. The summed E-state index contributed by atoms with van der Waals surface area (Å²) in [4.78, 5) is 17.9. The van der Waals surface area contributed by atoms with Crippen LogP contribution in [-0.4, -0.2) is 39.1 Å². The van der Waals surface area contributed by atoms with Crippen LogP contribution in [-0.2, 0) is 0 Å². The van der Waals surface area contributed by atoms with Gasteiger partial charge in [0, 0.05) is 42.8 Å². The quantitative estimate of drug-likeness (QED) is 0.765. The Morgan fingerprint density at radius 1 is 1.00 bits per heavy atom. The molecule has 0 aliphatic carbocycles. The van der Waals surface area contributed by atoms with Crippen LogP contribution in [0.2, 0.25) is 0 Å². The second-order valence-corrected chi connectivity index (χ2v) is 6.10. The van der Waals surface area contributed by atoms with E-state index in [2.05, 4.69) is 20.6 Å². The second kappa shape index (κ2) is 7.36. The van der Waals surface area contributed by atoms with Gasteiger partial charge in [0.15, 0.2) is 5.82 Å². The lowest BCUT2D eigenvalue weighted by molar-refractivity contribution is 0.479. The first-order chi connectivity index (χ1) is 12.4. The number of pyridine rings is 2. The third-order valence-electron chi connectivity index (χ3n) is 4.24. The zero-order valence-corrected chi connectivity index (χ0v) is 13.9. The van der Waals surface area contributed by atoms with Crippen LogP contribution in [0, 0.1) is 0 Å². The van der Waals surface area contributed by atoms with Gasteiger partial charge in [-0.2, -0.15) is 0 Å². The predicted octanol–water partition coefficient (Wildman–Crippen LogP) is 2.76. The van der Waals surface area contributed by atoms with Crippen LogP contribution in [0.5, 0.6) is 0 Å². The van der Waals surface area contributed by atoms with E-state index in [1.54, 1.807) is 18.6 Å². The molecule has 1 aliphatic heterocycles. The van der Waals surface area contributed by atoms with Crippen LogP contribution in [0.1, 0.15) is 12.8 Å². The highest BCUT2D eigenvalue weighted by Crippen LogP contribution is 2.23. The van der Waals surface area contributed by atoms with Crippen LogP contribution >= 0.6 is 0 Å². The highest BCUT2D eigenvalue weighted by molar-refractivity contribution is 5.65. The maximum Gasteiger partial charge on any atom is 0.162 e. The normalized spacial score (nSPS) is 17.2. The molecule has 4 rings (SSSR count). The minimum atomic E-state index is 0.380. The fraction of sp³-hybridized carbons (Fsp3) is 0.263. The maximum atomic E-state index is 4.72. The van der Waals surface area contributed by atoms with Crippen LogP contribution in [0.3, 0.4) is 0 Å². The number of aromatic nitrogens is 4. The average Bonchev–Trinajstić information content (AvgIpc) is 2.70. The molecule has 1 atom stereocenters. The SMILES string of the molecule is c1ccc(-c2cc(NC3CCCNC3)nc(-c3ccncc3)n2)nc1. The maximum absolute atomic E-state index is 4.72. The van der Waals surface area contributed by atoms with E-state index in [4.69, 9.17) is 9.97 Å². The van der Waals surface area contributed by atoms with E-state index in [1.807, 2.05) is 36.4 Å². The van der Waals surface area contributed by atoms with Gasteiger partial charge < -0.3 is 10.6 Å². The standard InChI is InChI=1S/C19H20N6/c1-2-9-22-16(5-1)17-12-18(23-15-4-3-8-21-13-15)25-19(24-17)14-6-10-20-11-7-14/h1-2,5-7,9-12,15,21H,3-4,8,13H2,(H,23,24,25). The second-order valence-electron chi connectivity index (χ2n) is 6.10. The third kappa shape index (κ3) is 3.80. The molecule has 0 saturated carbocycles. The summed E-state index contributed by atoms with van der Waals surface area (Å²) in [5.74, 6) is 1.51. The van der Waals surface area contributed by atoms with Crippen molar-refractivity contribution < 1.29 is 0 Å². The van der Waals surface area contributed by atoms with Crippen LogP contribution in [0.25, 0.3) is 22.8 Å². The summed E-state index contributed by atoms with van der Waals surface area (Å²) in [5.41, 5.74) is 2.59. The van der Waals surface area contributed by atoms with Gasteiger partial charge >= 0.3 is 0 Å². The fourth-order valence-electron chi connectivity index (χ4n) is 2.98. The topological polar surface area (TPSA) is 75.6 Å². The van der Waals surface area contributed by atoms with E-state index in [0.717, 1.165) is 42.3 Å². The Hall–Kier alpha value is -2.86. The summed E-state index contributed by atoms with van der Waals surface area (Å²) in [7, 11) is 0. The van der Waals surface area contributed by atoms with Gasteiger partial charge in [0.2, 0.25) is 0 Å². The van der Waals surface area contributed by atoms with E-state index in [9.17, 15) is 0 Å². The van der Waals surface area contributed by atoms with Gasteiger partial charge in [-0.15, -0.1) is 0 Å². The summed E-state index contributed by atoms with van der Waals surface area (Å²) in [6.07, 6.45) is 7.60. The molecule has 126 valence electrons. The predicted molar refractivity (Wildman–Crippen MR) is 98.0 cm³/mol. The van der Waals surface area contributed by atoms with Crippen molar-refractivity contribution in [3.8, 4) is 22.8 Å². The average molecular weight is 332 g/mol. The molecule has 25 heavy (non-hydrogen) atoms. The molecule has 0 amide bonds. The molecule has 3 aromatic rings. The number of nitrogens with zero attached hydrogens (tertiary/aromatic N) is 4. The molecule has 0 bridgehead atoms. The van der Waals surface area contributed by atoms with Crippen molar-refractivity contribution in [1.82, 2.24) is 25.3 Å². The largest absolute Gasteiger partial charge is 0.366 e. The molecule has 4 heterocycles. The van der Waals surface area contributed by atoms with Crippen molar-refractivity contribution in [2.75, 3.05) is 18.4 Å². The lowest BCUT2D eigenvalue weighted by atomic mass is 10.1. The Labute approximate surface area is 146 Å². The van der Waals surface area contributed by atoms with Crippen molar-refractivity contribution in [3.05, 3.63) is 55.0 Å². The Kier molecular flexibility index (Phi) is 4.61. The molecule has 0 aromatic carbocycles. The van der Waals surface area contributed by atoms with E-state index in [-0.39, 0.29) is 0 Å². The molecule has 6 nitrogen and oxygen atoms in total. The number of rotatable bonds is 4. The number of nitrogens with one attached hydrogen (secondary N) is 2. The lowest BCUT2D eigenvalue weighted by Crippen LogP contribution is -2.38. The minimum absolute atomic E-state index is 0.380. The smallest absolute Gasteiger partial charge is 0.162 e. The molecular formula is C19H20N6. The first kappa shape index (κ1) is 15.7. The summed E-state index contributed by atoms with van der Waals surface area (Å²) in [6.45, 7) is 2.04. The van der Waals surface area contributed by atoms with Gasteiger partial charge in [-0.3, -0.25) is 9.97 Å². The minimum Gasteiger partial charge on any atom is -0.366 e. The van der Waals surface area contributed by atoms with Gasteiger partial charge in [-0.25, -0.2) is 9.97 Å². The third-order valence-corrected chi connectivity index (χ3v) is 4.24. The first-order valence-electron chi connectivity index (χ1n) is 8.56. The summed E-state index contributed by atoms with van der Waals surface area (Å²) in [6, 6.07) is 12.0. The zero-order chi connectivity index (χ0) is 16.9. The van der Waals surface area contributed by atoms with E-state index >= 15 is 0 Å². The summed E-state index contributed by atoms with van der Waals surface area (Å²) >= 11 is 0. The van der Waals surface area contributed by atoms with E-state index in [0.29, 0.717) is 11.9 Å². The van der Waals surface area contributed by atoms with Crippen LogP contribution in [0.15, 0.2) is 55.0 Å². The molecule has 1 saturated heterocycles. The van der Waals surface area contributed by atoms with Gasteiger partial charge in [0.1, 0.15) is 5.82 Å². The summed E-state index contributed by atoms with van der Waals surface area (Å²) < 4.78 is 0. The summed E-state index contributed by atoms with van der Waals surface area (Å²) in [5, 5.41) is 6.97. The van der Waals surface area contributed by atoms with Crippen LogP contribution < -0.4 is 10.6 Å². The molecule has 1 aliphatic rings. The van der Waals surface area contributed by atoms with E-state index < -0.39 is 0 Å². The number of anilines is 1. The molecule has 3 aromatic heterocycles. The lowest BCUT2D eigenvalue weighted by Gasteiger charge is -2.24. The fourth-order valence-corrected chi connectivity index (χ4v) is 2.98.